The van der Waals surface area contributed by atoms with Crippen LogP contribution in [0.25, 0.3) is 0 Å². The van der Waals surface area contributed by atoms with Crippen LogP contribution in [0.4, 0.5) is 0 Å². The van der Waals surface area contributed by atoms with Gasteiger partial charge in [0.05, 0.1) is 0 Å². The van der Waals surface area contributed by atoms with Gasteiger partial charge in [0.15, 0.2) is 0 Å². The van der Waals surface area contributed by atoms with Crippen LogP contribution < -0.4 is 0 Å². The number of hydrogen-bond acceptors (Lipinski definition) is 4. The van der Waals surface area contributed by atoms with E-state index in [0.29, 0.717) is 6.61 Å². The van der Waals surface area contributed by atoms with Crippen molar-refractivity contribution in [1.82, 2.24) is 0 Å². The van der Waals surface area contributed by atoms with Gasteiger partial charge in [-0.1, -0.05) is 0 Å². The molecule has 0 atom stereocenters. The van der Waals surface area contributed by atoms with Gasteiger partial charge in [0.25, 0.3) is 0 Å². The third-order valence-corrected chi connectivity index (χ3v) is 3.71. The van der Waals surface area contributed by atoms with Crippen LogP contribution in [-0.4, -0.2) is 42.3 Å². The zero-order valence-electron chi connectivity index (χ0n) is 6.92. The summed E-state index contributed by atoms with van der Waals surface area (Å²) in [5.41, 5.74) is 0. The summed E-state index contributed by atoms with van der Waals surface area (Å²) >= 11 is -3.00. The van der Waals surface area contributed by atoms with E-state index in [1.54, 1.807) is 0 Å². The van der Waals surface area contributed by atoms with Crippen molar-refractivity contribution in [2.24, 2.45) is 0 Å². The highest BCUT2D eigenvalue weighted by Crippen LogP contribution is 2.06. The average Bonchev–Trinajstić information content (AvgIpc) is 2.01. The molecular weight excluding hydrogens is 151 g/mol. The van der Waals surface area contributed by atoms with E-state index < -0.39 is 14.4 Å². The Bertz CT molecular complexity index is 75.5. The molecule has 0 aromatic rings. The van der Waals surface area contributed by atoms with Gasteiger partial charge < -0.3 is 15.2 Å². The Morgan fingerprint density at radius 1 is 1.00 bits per heavy atom. The lowest BCUT2D eigenvalue weighted by atomic mass is 10.9. The predicted octanol–water partition coefficient (Wildman–Crippen LogP) is 0.398. The normalized spacial score (nSPS) is 12.0. The molecule has 0 N–H and O–H groups in total. The molecule has 0 rings (SSSR count). The summed E-state index contributed by atoms with van der Waals surface area (Å²) in [6.45, 7) is 2.41. The van der Waals surface area contributed by atoms with E-state index in [9.17, 15) is 0 Å². The average molecular weight is 165 g/mol. The van der Waals surface area contributed by atoms with Crippen LogP contribution in [0.5, 0.6) is 0 Å². The first-order valence-corrected chi connectivity index (χ1v) is 5.05. The van der Waals surface area contributed by atoms with Crippen LogP contribution >= 0.6 is 0 Å². The molecular formula is C5H14AlO4-. The molecule has 0 heterocycles. The van der Waals surface area contributed by atoms with Gasteiger partial charge in [-0.3, -0.25) is 0 Å². The van der Waals surface area contributed by atoms with Crippen LogP contribution in [0.15, 0.2) is 0 Å². The van der Waals surface area contributed by atoms with Crippen molar-refractivity contribution in [3.63, 3.8) is 0 Å². The molecule has 62 valence electrons. The van der Waals surface area contributed by atoms with Crippen LogP contribution in [0.3, 0.4) is 0 Å². The molecule has 0 spiro atoms. The molecule has 10 heavy (non-hydrogen) atoms. The predicted molar refractivity (Wildman–Crippen MR) is 38.4 cm³/mol. The first kappa shape index (κ1) is 10.4. The largest absolute Gasteiger partial charge is 0.875 e. The molecule has 0 saturated heterocycles. The zero-order valence-corrected chi connectivity index (χ0v) is 8.07. The number of rotatable bonds is 5. The van der Waals surface area contributed by atoms with E-state index in [4.69, 9.17) is 15.2 Å². The maximum Gasteiger partial charge on any atom is 0.875 e. The van der Waals surface area contributed by atoms with E-state index in [1.165, 1.54) is 21.3 Å². The highest BCUT2D eigenvalue weighted by Gasteiger charge is 2.43. The van der Waals surface area contributed by atoms with Crippen LogP contribution in [0.1, 0.15) is 6.92 Å². The van der Waals surface area contributed by atoms with Gasteiger partial charge in [0, 0.05) is 0 Å². The molecule has 0 bridgehead atoms. The summed E-state index contributed by atoms with van der Waals surface area (Å²) in [5, 5.41) is 0. The fourth-order valence-electron chi connectivity index (χ4n) is 0.697. The maximum atomic E-state index is 5.18. The first-order chi connectivity index (χ1) is 4.74. The van der Waals surface area contributed by atoms with Crippen molar-refractivity contribution in [2.45, 2.75) is 6.92 Å². The second-order valence-electron chi connectivity index (χ2n) is 1.74. The molecule has 0 radical (unpaired) electrons. The van der Waals surface area contributed by atoms with Crippen molar-refractivity contribution in [2.75, 3.05) is 27.9 Å². The third kappa shape index (κ3) is 2.54. The van der Waals surface area contributed by atoms with Crippen molar-refractivity contribution in [1.29, 1.82) is 0 Å². The molecule has 0 aromatic carbocycles. The summed E-state index contributed by atoms with van der Waals surface area (Å²) in [6.07, 6.45) is 0. The smallest absolute Gasteiger partial charge is 0.589 e. The second kappa shape index (κ2) is 5.08. The highest BCUT2D eigenvalue weighted by molar-refractivity contribution is 6.53. The van der Waals surface area contributed by atoms with E-state index in [0.717, 1.165) is 0 Å². The fourth-order valence-corrected chi connectivity index (χ4v) is 2.09. The molecule has 0 fully saturated rings. The highest BCUT2D eigenvalue weighted by atomic mass is 27.3. The van der Waals surface area contributed by atoms with Gasteiger partial charge in [0.2, 0.25) is 0 Å². The molecule has 0 aliphatic heterocycles. The topological polar surface area (TPSA) is 36.9 Å². The minimum atomic E-state index is -3.00. The van der Waals surface area contributed by atoms with Gasteiger partial charge in [-0.25, -0.2) is 0 Å². The zero-order chi connectivity index (χ0) is 8.04. The standard InChI is InChI=1S/C2H5O.3CH3O.Al/c1-2-3;3*1-2;/h2H2,1H3;3*1H3;/q4*-1;+3. The Morgan fingerprint density at radius 2 is 1.40 bits per heavy atom. The van der Waals surface area contributed by atoms with Gasteiger partial charge in [-0.05, 0) is 34.9 Å². The monoisotopic (exact) mass is 165 g/mol. The van der Waals surface area contributed by atoms with Crippen LogP contribution in [0, 0.1) is 0 Å². The van der Waals surface area contributed by atoms with Crippen LogP contribution in [0.2, 0.25) is 0 Å². The van der Waals surface area contributed by atoms with E-state index >= 15 is 0 Å². The molecule has 0 amide bonds. The lowest BCUT2D eigenvalue weighted by Crippen LogP contribution is -2.46. The molecule has 0 aliphatic rings. The van der Waals surface area contributed by atoms with Crippen molar-refractivity contribution in [3.8, 4) is 0 Å². The van der Waals surface area contributed by atoms with Gasteiger partial charge in [-0.15, -0.1) is 0 Å². The fraction of sp³-hybridized carbons (Fsp3) is 1.00. The van der Waals surface area contributed by atoms with Gasteiger partial charge in [-0.2, -0.15) is 0 Å². The Kier molecular flexibility index (Phi) is 5.27. The minimum Gasteiger partial charge on any atom is -0.589 e. The summed E-state index contributed by atoms with van der Waals surface area (Å²) in [7, 11) is 4.56. The third-order valence-electron chi connectivity index (χ3n) is 1.24. The van der Waals surface area contributed by atoms with Gasteiger partial charge >= 0.3 is 14.4 Å². The SMILES string of the molecule is CC[O][Al-]([O]C)([O]C)[O]C. The Balaban J connectivity index is 3.87. The Hall–Kier alpha value is 0.372. The lowest BCUT2D eigenvalue weighted by Gasteiger charge is -2.31. The Labute approximate surface area is 65.0 Å². The first-order valence-electron chi connectivity index (χ1n) is 3.16. The van der Waals surface area contributed by atoms with Gasteiger partial charge in [0.1, 0.15) is 0 Å². The molecule has 0 unspecified atom stereocenters. The molecule has 0 aromatic heterocycles. The summed E-state index contributed by atoms with van der Waals surface area (Å²) in [4.78, 5) is 0. The maximum absolute atomic E-state index is 5.18. The molecule has 5 heteroatoms. The summed E-state index contributed by atoms with van der Waals surface area (Å²) < 4.78 is 20.1. The Morgan fingerprint density at radius 3 is 1.50 bits per heavy atom. The summed E-state index contributed by atoms with van der Waals surface area (Å²) in [6, 6.07) is 0. The van der Waals surface area contributed by atoms with E-state index in [-0.39, 0.29) is 0 Å². The molecule has 0 saturated carbocycles. The second-order valence-corrected chi connectivity index (χ2v) is 4.64. The molecule has 0 aliphatic carbocycles. The molecule has 4 nitrogen and oxygen atoms in total. The van der Waals surface area contributed by atoms with Crippen molar-refractivity contribution in [3.05, 3.63) is 0 Å². The van der Waals surface area contributed by atoms with E-state index in [1.807, 2.05) is 6.92 Å². The lowest BCUT2D eigenvalue weighted by molar-refractivity contribution is 0.00940. The van der Waals surface area contributed by atoms with Crippen molar-refractivity contribution >= 4 is 14.4 Å². The summed E-state index contributed by atoms with van der Waals surface area (Å²) in [5.74, 6) is 0. The quantitative estimate of drug-likeness (QED) is 0.552. The number of hydrogen-bond donors (Lipinski definition) is 0. The van der Waals surface area contributed by atoms with Crippen LogP contribution in [-0.2, 0) is 15.2 Å². The minimum absolute atomic E-state index is 0.542. The van der Waals surface area contributed by atoms with Crippen molar-refractivity contribution < 1.29 is 15.2 Å². The van der Waals surface area contributed by atoms with E-state index in [2.05, 4.69) is 0 Å².